The number of aromatic nitrogens is 3. The fourth-order valence-corrected chi connectivity index (χ4v) is 3.31. The van der Waals surface area contributed by atoms with Gasteiger partial charge in [0.05, 0.1) is 17.9 Å². The Morgan fingerprint density at radius 3 is 2.70 bits per heavy atom. The molecule has 0 aliphatic rings. The number of carbonyl (C=O) groups excluding carboxylic acids is 1. The van der Waals surface area contributed by atoms with Gasteiger partial charge < -0.3 is 5.32 Å². The Morgan fingerprint density at radius 2 is 2.00 bits per heavy atom. The van der Waals surface area contributed by atoms with Gasteiger partial charge in [0.25, 0.3) is 5.91 Å². The van der Waals surface area contributed by atoms with Crippen molar-refractivity contribution in [2.75, 3.05) is 0 Å². The maximum absolute atomic E-state index is 13.3. The Kier molecular flexibility index (Phi) is 4.76. The summed E-state index contributed by atoms with van der Waals surface area (Å²) in [7, 11) is 0. The summed E-state index contributed by atoms with van der Waals surface area (Å²) in [5, 5.41) is 9.28. The first kappa shape index (κ1) is 17.1. The molecule has 0 bridgehead atoms. The quantitative estimate of drug-likeness (QED) is 0.570. The van der Waals surface area contributed by atoms with Crippen molar-refractivity contribution in [2.45, 2.75) is 6.54 Å². The number of amides is 1. The Morgan fingerprint density at radius 1 is 1.15 bits per heavy atom. The third-order valence-corrected chi connectivity index (χ3v) is 4.85. The minimum absolute atomic E-state index is 0.269. The van der Waals surface area contributed by atoms with Crippen LogP contribution in [-0.4, -0.2) is 20.7 Å². The summed E-state index contributed by atoms with van der Waals surface area (Å²) < 4.78 is 14.9. The second kappa shape index (κ2) is 7.51. The first-order chi connectivity index (χ1) is 13.2. The molecule has 0 fully saturated rings. The van der Waals surface area contributed by atoms with E-state index in [9.17, 15) is 9.18 Å². The van der Waals surface area contributed by atoms with Crippen LogP contribution in [0.4, 0.5) is 4.39 Å². The molecular weight excluding hydrogens is 363 g/mol. The molecule has 0 saturated heterocycles. The molecule has 3 aromatic heterocycles. The zero-order chi connectivity index (χ0) is 18.6. The molecule has 0 unspecified atom stereocenters. The number of pyridine rings is 1. The number of thiophene rings is 1. The largest absolute Gasteiger partial charge is 0.346 e. The zero-order valence-corrected chi connectivity index (χ0v) is 15.0. The van der Waals surface area contributed by atoms with Crippen LogP contribution in [0.2, 0.25) is 0 Å². The maximum Gasteiger partial charge on any atom is 0.272 e. The Labute approximate surface area is 159 Å². The normalized spacial score (nSPS) is 10.7. The number of hydrogen-bond acceptors (Lipinski definition) is 4. The van der Waals surface area contributed by atoms with E-state index in [1.54, 1.807) is 46.6 Å². The van der Waals surface area contributed by atoms with Crippen molar-refractivity contribution in [2.24, 2.45) is 0 Å². The van der Waals surface area contributed by atoms with Gasteiger partial charge in [0.2, 0.25) is 0 Å². The molecule has 1 N–H and O–H groups in total. The van der Waals surface area contributed by atoms with E-state index in [0.717, 1.165) is 10.4 Å². The average molecular weight is 378 g/mol. The summed E-state index contributed by atoms with van der Waals surface area (Å²) >= 11 is 1.58. The Balaban J connectivity index is 1.69. The van der Waals surface area contributed by atoms with Gasteiger partial charge in [0.15, 0.2) is 5.69 Å². The minimum atomic E-state index is -0.331. The highest BCUT2D eigenvalue weighted by atomic mass is 32.1. The van der Waals surface area contributed by atoms with Crippen LogP contribution < -0.4 is 5.32 Å². The SMILES string of the molecule is O=C(NCc1cccs1)c1cc(-c2cccnc2)n(-c2ccc(F)cc2)n1. The monoisotopic (exact) mass is 378 g/mol. The van der Waals surface area contributed by atoms with Gasteiger partial charge in [-0.25, -0.2) is 9.07 Å². The number of nitrogens with one attached hydrogen (secondary N) is 1. The van der Waals surface area contributed by atoms with Gasteiger partial charge in [-0.3, -0.25) is 9.78 Å². The number of halogens is 1. The van der Waals surface area contributed by atoms with Crippen LogP contribution in [0.5, 0.6) is 0 Å². The molecule has 0 atom stereocenters. The van der Waals surface area contributed by atoms with Crippen molar-refractivity contribution >= 4 is 17.2 Å². The van der Waals surface area contributed by atoms with Crippen LogP contribution in [-0.2, 0) is 6.54 Å². The van der Waals surface area contributed by atoms with E-state index in [-0.39, 0.29) is 17.4 Å². The van der Waals surface area contributed by atoms with Gasteiger partial charge in [0.1, 0.15) is 5.82 Å². The minimum Gasteiger partial charge on any atom is -0.346 e. The van der Waals surface area contributed by atoms with Crippen molar-refractivity contribution in [3.05, 3.63) is 88.8 Å². The van der Waals surface area contributed by atoms with E-state index in [1.807, 2.05) is 29.6 Å². The van der Waals surface area contributed by atoms with Crippen LogP contribution in [0.1, 0.15) is 15.4 Å². The van der Waals surface area contributed by atoms with Crippen molar-refractivity contribution < 1.29 is 9.18 Å². The maximum atomic E-state index is 13.3. The van der Waals surface area contributed by atoms with E-state index in [1.165, 1.54) is 12.1 Å². The fraction of sp³-hybridized carbons (Fsp3) is 0.0500. The molecule has 0 spiro atoms. The number of hydrogen-bond donors (Lipinski definition) is 1. The van der Waals surface area contributed by atoms with Gasteiger partial charge in [-0.15, -0.1) is 11.3 Å². The van der Waals surface area contributed by atoms with Crippen LogP contribution in [0.3, 0.4) is 0 Å². The molecular formula is C20H15FN4OS. The topological polar surface area (TPSA) is 59.8 Å². The van der Waals surface area contributed by atoms with E-state index in [4.69, 9.17) is 0 Å². The highest BCUT2D eigenvalue weighted by Gasteiger charge is 2.17. The average Bonchev–Trinajstić information content (AvgIpc) is 3.37. The van der Waals surface area contributed by atoms with E-state index in [0.29, 0.717) is 17.9 Å². The van der Waals surface area contributed by atoms with E-state index < -0.39 is 0 Å². The Bertz CT molecular complexity index is 1040. The predicted molar refractivity (Wildman–Crippen MR) is 102 cm³/mol. The summed E-state index contributed by atoms with van der Waals surface area (Å²) in [6, 6.07) is 15.3. The second-order valence-electron chi connectivity index (χ2n) is 5.81. The molecule has 4 rings (SSSR count). The van der Waals surface area contributed by atoms with Crippen molar-refractivity contribution in [1.82, 2.24) is 20.1 Å². The summed E-state index contributed by atoms with van der Waals surface area (Å²) in [5.74, 6) is -0.600. The van der Waals surface area contributed by atoms with Gasteiger partial charge >= 0.3 is 0 Å². The molecule has 134 valence electrons. The molecule has 7 heteroatoms. The molecule has 5 nitrogen and oxygen atoms in total. The lowest BCUT2D eigenvalue weighted by molar-refractivity contribution is 0.0946. The Hall–Kier alpha value is -3.32. The lowest BCUT2D eigenvalue weighted by atomic mass is 10.2. The van der Waals surface area contributed by atoms with Gasteiger partial charge in [-0.05, 0) is 53.9 Å². The van der Waals surface area contributed by atoms with Crippen LogP contribution in [0.15, 0.2) is 72.4 Å². The number of nitrogens with zero attached hydrogens (tertiary/aromatic N) is 3. The highest BCUT2D eigenvalue weighted by Crippen LogP contribution is 2.23. The number of benzene rings is 1. The third kappa shape index (κ3) is 3.78. The zero-order valence-electron chi connectivity index (χ0n) is 14.2. The fourth-order valence-electron chi connectivity index (χ4n) is 2.66. The van der Waals surface area contributed by atoms with Gasteiger partial charge in [-0.2, -0.15) is 5.10 Å². The molecule has 0 saturated carbocycles. The molecule has 4 aromatic rings. The van der Waals surface area contributed by atoms with Gasteiger partial charge in [0, 0.05) is 22.8 Å². The van der Waals surface area contributed by atoms with Crippen molar-refractivity contribution in [3.8, 4) is 16.9 Å². The summed E-state index contributed by atoms with van der Waals surface area (Å²) in [4.78, 5) is 17.8. The predicted octanol–water partition coefficient (Wildman–Crippen LogP) is 4.06. The van der Waals surface area contributed by atoms with Gasteiger partial charge in [-0.1, -0.05) is 6.07 Å². The first-order valence-electron chi connectivity index (χ1n) is 8.28. The molecule has 1 amide bonds. The van der Waals surface area contributed by atoms with Crippen LogP contribution in [0.25, 0.3) is 16.9 Å². The van der Waals surface area contributed by atoms with Crippen molar-refractivity contribution in [1.29, 1.82) is 0 Å². The standard InChI is InChI=1S/C20H15FN4OS/c21-15-5-7-16(8-6-15)25-19(14-3-1-9-22-12-14)11-18(24-25)20(26)23-13-17-4-2-10-27-17/h1-12H,13H2,(H,23,26). The smallest absolute Gasteiger partial charge is 0.272 e. The third-order valence-electron chi connectivity index (χ3n) is 3.97. The highest BCUT2D eigenvalue weighted by molar-refractivity contribution is 7.09. The second-order valence-corrected chi connectivity index (χ2v) is 6.84. The summed E-state index contributed by atoms with van der Waals surface area (Å²) in [6.45, 7) is 0.447. The molecule has 3 heterocycles. The molecule has 0 aliphatic carbocycles. The molecule has 0 radical (unpaired) electrons. The lowest BCUT2D eigenvalue weighted by Gasteiger charge is -2.07. The van der Waals surface area contributed by atoms with E-state index in [2.05, 4.69) is 15.4 Å². The molecule has 27 heavy (non-hydrogen) atoms. The molecule has 0 aliphatic heterocycles. The summed E-state index contributed by atoms with van der Waals surface area (Å²) in [6.07, 6.45) is 3.38. The molecule has 1 aromatic carbocycles. The van der Waals surface area contributed by atoms with Crippen LogP contribution >= 0.6 is 11.3 Å². The lowest BCUT2D eigenvalue weighted by Crippen LogP contribution is -2.22. The van der Waals surface area contributed by atoms with Crippen molar-refractivity contribution in [3.63, 3.8) is 0 Å². The summed E-state index contributed by atoms with van der Waals surface area (Å²) in [5.41, 5.74) is 2.46. The number of rotatable bonds is 5. The van der Waals surface area contributed by atoms with E-state index >= 15 is 0 Å². The number of carbonyl (C=O) groups is 1. The first-order valence-corrected chi connectivity index (χ1v) is 9.15. The van der Waals surface area contributed by atoms with Crippen LogP contribution in [0, 0.1) is 5.82 Å².